The highest BCUT2D eigenvalue weighted by atomic mass is 16.5. The number of carbonyl (C=O) groups excluding carboxylic acids is 1. The number of anilines is 1. The molecule has 0 saturated heterocycles. The SMILES string of the molecule is NC(=NCc1cccc(C(=O)NC2CC2)c1)Nc1ccc2c(c1)OCCCO2. The third kappa shape index (κ3) is 4.73. The maximum absolute atomic E-state index is 12.2. The number of rotatable bonds is 5. The molecule has 0 aromatic heterocycles. The lowest BCUT2D eigenvalue weighted by Gasteiger charge is -2.11. The molecule has 2 aromatic rings. The second-order valence-electron chi connectivity index (χ2n) is 6.99. The average molecular weight is 380 g/mol. The maximum Gasteiger partial charge on any atom is 0.251 e. The highest BCUT2D eigenvalue weighted by molar-refractivity contribution is 5.95. The van der Waals surface area contributed by atoms with Gasteiger partial charge >= 0.3 is 0 Å². The Kier molecular flexibility index (Phi) is 5.32. The summed E-state index contributed by atoms with van der Waals surface area (Å²) >= 11 is 0. The first-order valence-electron chi connectivity index (χ1n) is 9.54. The summed E-state index contributed by atoms with van der Waals surface area (Å²) in [5.41, 5.74) is 8.37. The van der Waals surface area contributed by atoms with Gasteiger partial charge in [0.1, 0.15) is 0 Å². The van der Waals surface area contributed by atoms with Gasteiger partial charge in [-0.15, -0.1) is 0 Å². The number of guanidine groups is 1. The predicted octanol–water partition coefficient (Wildman–Crippen LogP) is 2.67. The molecule has 7 heteroatoms. The van der Waals surface area contributed by atoms with Gasteiger partial charge in [0.05, 0.1) is 19.8 Å². The second kappa shape index (κ2) is 8.21. The zero-order valence-electron chi connectivity index (χ0n) is 15.6. The van der Waals surface area contributed by atoms with E-state index >= 15 is 0 Å². The number of fused-ring (bicyclic) bond motifs is 1. The smallest absolute Gasteiger partial charge is 0.251 e. The summed E-state index contributed by atoms with van der Waals surface area (Å²) in [5, 5.41) is 6.06. The van der Waals surface area contributed by atoms with Crippen molar-refractivity contribution >= 4 is 17.6 Å². The van der Waals surface area contributed by atoms with Gasteiger partial charge in [0.2, 0.25) is 0 Å². The lowest BCUT2D eigenvalue weighted by atomic mass is 10.1. The Balaban J connectivity index is 1.38. The molecule has 146 valence electrons. The summed E-state index contributed by atoms with van der Waals surface area (Å²) in [7, 11) is 0. The molecule has 1 saturated carbocycles. The number of aliphatic imine (C=N–C) groups is 1. The monoisotopic (exact) mass is 380 g/mol. The van der Waals surface area contributed by atoms with E-state index in [-0.39, 0.29) is 5.91 Å². The molecule has 2 aliphatic rings. The molecule has 7 nitrogen and oxygen atoms in total. The van der Waals surface area contributed by atoms with Crippen molar-refractivity contribution < 1.29 is 14.3 Å². The first kappa shape index (κ1) is 18.2. The molecule has 1 fully saturated rings. The Morgan fingerprint density at radius 1 is 1.11 bits per heavy atom. The number of nitrogens with two attached hydrogens (primary N) is 1. The van der Waals surface area contributed by atoms with E-state index < -0.39 is 0 Å². The minimum absolute atomic E-state index is 0.0355. The fourth-order valence-corrected chi connectivity index (χ4v) is 2.91. The number of amides is 1. The van der Waals surface area contributed by atoms with Crippen molar-refractivity contribution in [2.24, 2.45) is 10.7 Å². The van der Waals surface area contributed by atoms with E-state index in [4.69, 9.17) is 15.2 Å². The van der Waals surface area contributed by atoms with Crippen LogP contribution in [0.2, 0.25) is 0 Å². The zero-order valence-corrected chi connectivity index (χ0v) is 15.6. The van der Waals surface area contributed by atoms with Crippen LogP contribution in [-0.2, 0) is 6.54 Å². The van der Waals surface area contributed by atoms with Gasteiger partial charge in [-0.2, -0.15) is 0 Å². The molecule has 0 bridgehead atoms. The molecule has 0 spiro atoms. The highest BCUT2D eigenvalue weighted by Crippen LogP contribution is 2.32. The summed E-state index contributed by atoms with van der Waals surface area (Å²) < 4.78 is 11.3. The minimum atomic E-state index is -0.0355. The van der Waals surface area contributed by atoms with Crippen LogP contribution in [0.3, 0.4) is 0 Å². The molecule has 0 unspecified atom stereocenters. The lowest BCUT2D eigenvalue weighted by molar-refractivity contribution is 0.0951. The number of hydrogen-bond acceptors (Lipinski definition) is 4. The predicted molar refractivity (Wildman–Crippen MR) is 108 cm³/mol. The van der Waals surface area contributed by atoms with Crippen LogP contribution in [0.4, 0.5) is 5.69 Å². The fraction of sp³-hybridized carbons (Fsp3) is 0.333. The van der Waals surface area contributed by atoms with Gasteiger partial charge in [-0.1, -0.05) is 12.1 Å². The first-order chi connectivity index (χ1) is 13.7. The Labute approximate surface area is 163 Å². The van der Waals surface area contributed by atoms with Crippen molar-refractivity contribution in [2.45, 2.75) is 31.8 Å². The van der Waals surface area contributed by atoms with Crippen LogP contribution < -0.4 is 25.8 Å². The number of benzene rings is 2. The summed E-state index contributed by atoms with van der Waals surface area (Å²) in [5.74, 6) is 1.69. The molecule has 2 aromatic carbocycles. The standard InChI is InChI=1S/C21H24N4O3/c22-21(25-17-7-8-18-19(12-17)28-10-2-9-27-18)23-13-14-3-1-4-15(11-14)20(26)24-16-5-6-16/h1,3-4,7-8,11-12,16H,2,5-6,9-10,13H2,(H,24,26)(H3,22,23,25). The van der Waals surface area contributed by atoms with E-state index in [2.05, 4.69) is 15.6 Å². The van der Waals surface area contributed by atoms with E-state index in [1.54, 1.807) is 0 Å². The van der Waals surface area contributed by atoms with Gasteiger partial charge in [-0.25, -0.2) is 4.99 Å². The van der Waals surface area contributed by atoms with E-state index in [1.165, 1.54) is 0 Å². The summed E-state index contributed by atoms with van der Waals surface area (Å²) in [6.45, 7) is 1.67. The largest absolute Gasteiger partial charge is 0.490 e. The van der Waals surface area contributed by atoms with Crippen molar-refractivity contribution in [3.8, 4) is 11.5 Å². The number of carbonyl (C=O) groups is 1. The van der Waals surface area contributed by atoms with Crippen LogP contribution in [0.1, 0.15) is 35.2 Å². The van der Waals surface area contributed by atoms with Gasteiger partial charge in [0.25, 0.3) is 5.91 Å². The van der Waals surface area contributed by atoms with E-state index in [0.29, 0.717) is 43.1 Å². The molecule has 1 aliphatic heterocycles. The molecular weight excluding hydrogens is 356 g/mol. The Morgan fingerprint density at radius 3 is 2.75 bits per heavy atom. The van der Waals surface area contributed by atoms with Gasteiger partial charge < -0.3 is 25.8 Å². The molecule has 0 radical (unpaired) electrons. The van der Waals surface area contributed by atoms with Crippen LogP contribution in [0, 0.1) is 0 Å². The van der Waals surface area contributed by atoms with Gasteiger partial charge in [-0.05, 0) is 42.7 Å². The molecule has 1 amide bonds. The van der Waals surface area contributed by atoms with Crippen molar-refractivity contribution in [1.82, 2.24) is 5.32 Å². The Bertz CT molecular complexity index is 893. The Hall–Kier alpha value is -3.22. The quantitative estimate of drug-likeness (QED) is 0.547. The van der Waals surface area contributed by atoms with Crippen molar-refractivity contribution in [1.29, 1.82) is 0 Å². The number of nitrogens with one attached hydrogen (secondary N) is 2. The van der Waals surface area contributed by atoms with Crippen molar-refractivity contribution in [3.63, 3.8) is 0 Å². The van der Waals surface area contributed by atoms with Crippen molar-refractivity contribution in [3.05, 3.63) is 53.6 Å². The van der Waals surface area contributed by atoms with Crippen LogP contribution in [-0.4, -0.2) is 31.1 Å². The number of nitrogens with zero attached hydrogens (tertiary/aromatic N) is 1. The second-order valence-corrected chi connectivity index (χ2v) is 6.99. The van der Waals surface area contributed by atoms with E-state index in [9.17, 15) is 4.79 Å². The van der Waals surface area contributed by atoms with Crippen LogP contribution in [0.15, 0.2) is 47.5 Å². The molecule has 4 N–H and O–H groups in total. The normalized spacial score (nSPS) is 16.2. The molecule has 4 rings (SSSR count). The minimum Gasteiger partial charge on any atom is -0.490 e. The average Bonchev–Trinajstić information content (AvgIpc) is 3.53. The molecule has 1 heterocycles. The van der Waals surface area contributed by atoms with Crippen molar-refractivity contribution in [2.75, 3.05) is 18.5 Å². The van der Waals surface area contributed by atoms with Crippen LogP contribution in [0.5, 0.6) is 11.5 Å². The highest BCUT2D eigenvalue weighted by Gasteiger charge is 2.23. The molecule has 1 aliphatic carbocycles. The summed E-state index contributed by atoms with van der Waals surface area (Å²) in [4.78, 5) is 16.5. The van der Waals surface area contributed by atoms with Gasteiger partial charge in [0.15, 0.2) is 17.5 Å². The van der Waals surface area contributed by atoms with Crippen LogP contribution in [0.25, 0.3) is 0 Å². The van der Waals surface area contributed by atoms with E-state index in [0.717, 1.165) is 36.3 Å². The van der Waals surface area contributed by atoms with Crippen LogP contribution >= 0.6 is 0 Å². The Morgan fingerprint density at radius 2 is 1.93 bits per heavy atom. The molecular formula is C21H24N4O3. The fourth-order valence-electron chi connectivity index (χ4n) is 2.91. The number of ether oxygens (including phenoxy) is 2. The first-order valence-corrected chi connectivity index (χ1v) is 9.54. The molecule has 0 atom stereocenters. The number of hydrogen-bond donors (Lipinski definition) is 3. The lowest BCUT2D eigenvalue weighted by Crippen LogP contribution is -2.25. The maximum atomic E-state index is 12.2. The van der Waals surface area contributed by atoms with Gasteiger partial charge in [0, 0.05) is 29.8 Å². The molecule has 28 heavy (non-hydrogen) atoms. The van der Waals surface area contributed by atoms with E-state index in [1.807, 2.05) is 42.5 Å². The zero-order chi connectivity index (χ0) is 19.3. The topological polar surface area (TPSA) is 98.0 Å². The third-order valence-corrected chi connectivity index (χ3v) is 4.55. The summed E-state index contributed by atoms with van der Waals surface area (Å²) in [6.07, 6.45) is 2.99. The van der Waals surface area contributed by atoms with Gasteiger partial charge in [-0.3, -0.25) is 4.79 Å². The third-order valence-electron chi connectivity index (χ3n) is 4.55. The summed E-state index contributed by atoms with van der Waals surface area (Å²) in [6, 6.07) is 13.4.